The SMILES string of the molecule is CC(C)(C)C1=CC2(C=C1)C(C)(C)CC2(C)C. The molecule has 0 heteroatoms. The predicted octanol–water partition coefficient (Wildman–Crippen LogP) is 4.97. The number of allylic oxidation sites excluding steroid dienone is 4. The molecule has 0 aromatic heterocycles. The monoisotopic (exact) mass is 218 g/mol. The molecule has 2 aliphatic carbocycles. The summed E-state index contributed by atoms with van der Waals surface area (Å²) in [7, 11) is 0. The molecule has 0 nitrogen and oxygen atoms in total. The van der Waals surface area contributed by atoms with E-state index in [1.54, 1.807) is 0 Å². The second-order valence-corrected chi connectivity index (χ2v) is 8.00. The van der Waals surface area contributed by atoms with Crippen LogP contribution in [-0.2, 0) is 0 Å². The van der Waals surface area contributed by atoms with Crippen LogP contribution < -0.4 is 0 Å². The molecule has 0 amide bonds. The highest BCUT2D eigenvalue weighted by molar-refractivity contribution is 5.44. The van der Waals surface area contributed by atoms with Crippen LogP contribution in [0.5, 0.6) is 0 Å². The summed E-state index contributed by atoms with van der Waals surface area (Å²) < 4.78 is 0. The Bertz CT molecular complexity index is 355. The summed E-state index contributed by atoms with van der Waals surface area (Å²) in [5, 5.41) is 0. The Kier molecular flexibility index (Phi) is 2.12. The van der Waals surface area contributed by atoms with Gasteiger partial charge in [-0.05, 0) is 28.2 Å². The third-order valence-electron chi connectivity index (χ3n) is 4.90. The van der Waals surface area contributed by atoms with E-state index in [4.69, 9.17) is 0 Å². The second kappa shape index (κ2) is 2.83. The summed E-state index contributed by atoms with van der Waals surface area (Å²) in [4.78, 5) is 0. The van der Waals surface area contributed by atoms with Gasteiger partial charge in [0.25, 0.3) is 0 Å². The van der Waals surface area contributed by atoms with Gasteiger partial charge in [0.05, 0.1) is 0 Å². The third kappa shape index (κ3) is 1.28. The minimum Gasteiger partial charge on any atom is -0.0732 e. The van der Waals surface area contributed by atoms with Crippen molar-refractivity contribution in [1.29, 1.82) is 0 Å². The van der Waals surface area contributed by atoms with E-state index in [0.29, 0.717) is 16.2 Å². The van der Waals surface area contributed by atoms with Crippen LogP contribution in [0.2, 0.25) is 0 Å². The Labute approximate surface area is 101 Å². The van der Waals surface area contributed by atoms with Crippen LogP contribution in [-0.4, -0.2) is 0 Å². The highest BCUT2D eigenvalue weighted by atomic mass is 14.7. The summed E-state index contributed by atoms with van der Waals surface area (Å²) in [5.41, 5.74) is 2.91. The van der Waals surface area contributed by atoms with Crippen LogP contribution in [0.4, 0.5) is 0 Å². The molecule has 16 heavy (non-hydrogen) atoms. The van der Waals surface area contributed by atoms with Crippen LogP contribution in [0.1, 0.15) is 54.9 Å². The highest BCUT2D eigenvalue weighted by Crippen LogP contribution is 2.71. The van der Waals surface area contributed by atoms with Crippen molar-refractivity contribution < 1.29 is 0 Å². The lowest BCUT2D eigenvalue weighted by Crippen LogP contribution is -2.58. The van der Waals surface area contributed by atoms with Crippen LogP contribution in [0.25, 0.3) is 0 Å². The van der Waals surface area contributed by atoms with Crippen molar-refractivity contribution in [1.82, 2.24) is 0 Å². The van der Waals surface area contributed by atoms with Gasteiger partial charge in [-0.25, -0.2) is 0 Å². The molecule has 0 bridgehead atoms. The van der Waals surface area contributed by atoms with Crippen molar-refractivity contribution in [2.24, 2.45) is 21.7 Å². The lowest BCUT2D eigenvalue weighted by atomic mass is 9.39. The van der Waals surface area contributed by atoms with E-state index in [2.05, 4.69) is 66.7 Å². The molecule has 0 aromatic rings. The molecule has 0 heterocycles. The van der Waals surface area contributed by atoms with Gasteiger partial charge in [-0.1, -0.05) is 66.7 Å². The molecular weight excluding hydrogens is 192 g/mol. The first kappa shape index (κ1) is 12.0. The lowest BCUT2D eigenvalue weighted by molar-refractivity contribution is -0.109. The maximum Gasteiger partial charge on any atom is 0.0173 e. The Morgan fingerprint density at radius 1 is 1.00 bits per heavy atom. The Morgan fingerprint density at radius 2 is 1.50 bits per heavy atom. The molecule has 2 rings (SSSR count). The minimum atomic E-state index is 0.280. The van der Waals surface area contributed by atoms with Crippen LogP contribution in [0.3, 0.4) is 0 Å². The molecule has 0 aromatic carbocycles. The summed E-state index contributed by atoms with van der Waals surface area (Å²) in [6, 6.07) is 0. The van der Waals surface area contributed by atoms with Gasteiger partial charge in [-0.3, -0.25) is 0 Å². The van der Waals surface area contributed by atoms with Gasteiger partial charge >= 0.3 is 0 Å². The number of rotatable bonds is 0. The zero-order valence-electron chi connectivity index (χ0n) is 11.9. The molecule has 1 saturated carbocycles. The van der Waals surface area contributed by atoms with E-state index in [0.717, 1.165) is 0 Å². The smallest absolute Gasteiger partial charge is 0.0173 e. The summed E-state index contributed by atoms with van der Waals surface area (Å²) in [6.07, 6.45) is 8.70. The van der Waals surface area contributed by atoms with Crippen molar-refractivity contribution in [2.45, 2.75) is 54.9 Å². The summed E-state index contributed by atoms with van der Waals surface area (Å²) >= 11 is 0. The number of hydrogen-bond donors (Lipinski definition) is 0. The molecule has 0 N–H and O–H groups in total. The third-order valence-corrected chi connectivity index (χ3v) is 4.90. The topological polar surface area (TPSA) is 0 Å². The molecule has 0 saturated heterocycles. The zero-order valence-corrected chi connectivity index (χ0v) is 11.9. The van der Waals surface area contributed by atoms with Gasteiger partial charge in [-0.2, -0.15) is 0 Å². The average molecular weight is 218 g/mol. The average Bonchev–Trinajstić information content (AvgIpc) is 2.45. The molecule has 0 aliphatic heterocycles. The molecular formula is C16H26. The summed E-state index contributed by atoms with van der Waals surface area (Å²) in [5.74, 6) is 0. The second-order valence-electron chi connectivity index (χ2n) is 8.00. The van der Waals surface area contributed by atoms with Gasteiger partial charge < -0.3 is 0 Å². The molecule has 2 aliphatic rings. The standard InChI is InChI=1S/C16H26/c1-13(2,3)12-8-9-16(10-12)14(4,5)11-15(16,6)7/h8-10H,11H2,1-7H3. The molecule has 0 unspecified atom stereocenters. The first-order valence-corrected chi connectivity index (χ1v) is 6.45. The molecule has 1 fully saturated rings. The van der Waals surface area contributed by atoms with Crippen molar-refractivity contribution >= 4 is 0 Å². The highest BCUT2D eigenvalue weighted by Gasteiger charge is 2.63. The van der Waals surface area contributed by atoms with E-state index >= 15 is 0 Å². The lowest BCUT2D eigenvalue weighted by Gasteiger charge is -2.65. The predicted molar refractivity (Wildman–Crippen MR) is 71.3 cm³/mol. The largest absolute Gasteiger partial charge is 0.0732 e. The Morgan fingerprint density at radius 3 is 1.75 bits per heavy atom. The van der Waals surface area contributed by atoms with Gasteiger partial charge in [-0.15, -0.1) is 0 Å². The van der Waals surface area contributed by atoms with Crippen LogP contribution in [0, 0.1) is 21.7 Å². The van der Waals surface area contributed by atoms with Crippen LogP contribution in [0.15, 0.2) is 23.8 Å². The normalized spacial score (nSPS) is 29.1. The molecule has 0 atom stereocenters. The first-order chi connectivity index (χ1) is 7.02. The van der Waals surface area contributed by atoms with Crippen molar-refractivity contribution in [3.05, 3.63) is 23.8 Å². The van der Waals surface area contributed by atoms with E-state index < -0.39 is 0 Å². The van der Waals surface area contributed by atoms with Crippen molar-refractivity contribution in [3.8, 4) is 0 Å². The van der Waals surface area contributed by atoms with E-state index in [9.17, 15) is 0 Å². The quantitative estimate of drug-likeness (QED) is 0.538. The summed E-state index contributed by atoms with van der Waals surface area (Å²) in [6.45, 7) is 16.5. The Balaban J connectivity index is 2.45. The van der Waals surface area contributed by atoms with Gasteiger partial charge in [0, 0.05) is 5.41 Å². The minimum absolute atomic E-state index is 0.280. The van der Waals surface area contributed by atoms with E-state index in [1.165, 1.54) is 12.0 Å². The maximum atomic E-state index is 2.55. The van der Waals surface area contributed by atoms with E-state index in [-0.39, 0.29) is 5.41 Å². The van der Waals surface area contributed by atoms with Gasteiger partial charge in [0.2, 0.25) is 0 Å². The van der Waals surface area contributed by atoms with Gasteiger partial charge in [0.1, 0.15) is 0 Å². The van der Waals surface area contributed by atoms with Crippen molar-refractivity contribution in [2.75, 3.05) is 0 Å². The fourth-order valence-corrected chi connectivity index (χ4v) is 4.08. The molecule has 0 radical (unpaired) electrons. The van der Waals surface area contributed by atoms with Crippen molar-refractivity contribution in [3.63, 3.8) is 0 Å². The molecule has 1 spiro atoms. The maximum absolute atomic E-state index is 2.55. The number of hydrogen-bond acceptors (Lipinski definition) is 0. The Hall–Kier alpha value is -0.520. The molecule has 90 valence electrons. The zero-order chi connectivity index (χ0) is 12.4. The van der Waals surface area contributed by atoms with E-state index in [1.807, 2.05) is 0 Å². The fraction of sp³-hybridized carbons (Fsp3) is 0.750. The first-order valence-electron chi connectivity index (χ1n) is 6.45. The fourth-order valence-electron chi connectivity index (χ4n) is 4.08. The van der Waals surface area contributed by atoms with Crippen LogP contribution >= 0.6 is 0 Å². The van der Waals surface area contributed by atoms with Gasteiger partial charge in [0.15, 0.2) is 0 Å².